The summed E-state index contributed by atoms with van der Waals surface area (Å²) in [6.07, 6.45) is 0. The normalized spacial score (nSPS) is 17.4. The third kappa shape index (κ3) is 5.23. The first-order valence-corrected chi connectivity index (χ1v) is 15.0. The molecular formula is C35H39N3O5. The van der Waals surface area contributed by atoms with Crippen LogP contribution in [0.15, 0.2) is 66.7 Å². The van der Waals surface area contributed by atoms with Gasteiger partial charge in [-0.3, -0.25) is 28.8 Å². The number of ketones is 2. The van der Waals surface area contributed by atoms with Crippen molar-refractivity contribution in [3.05, 3.63) is 83.4 Å². The predicted octanol–water partition coefficient (Wildman–Crippen LogP) is 5.07. The lowest BCUT2D eigenvalue weighted by Crippen LogP contribution is -2.54. The minimum absolute atomic E-state index is 0.00673. The van der Waals surface area contributed by atoms with Crippen LogP contribution in [0.2, 0.25) is 0 Å². The average Bonchev–Trinajstić information content (AvgIpc) is 3.37. The van der Waals surface area contributed by atoms with Crippen molar-refractivity contribution in [3.63, 3.8) is 0 Å². The third-order valence-electron chi connectivity index (χ3n) is 9.23. The molecule has 3 aromatic carbocycles. The number of benzene rings is 3. The molecule has 2 fully saturated rings. The maximum Gasteiger partial charge on any atom is 0.262 e. The smallest absolute Gasteiger partial charge is 0.262 e. The monoisotopic (exact) mass is 581 g/mol. The van der Waals surface area contributed by atoms with Gasteiger partial charge in [0.05, 0.1) is 48.5 Å². The molecule has 3 heterocycles. The van der Waals surface area contributed by atoms with E-state index in [-0.39, 0.29) is 17.5 Å². The van der Waals surface area contributed by atoms with Crippen molar-refractivity contribution in [1.29, 1.82) is 0 Å². The quantitative estimate of drug-likeness (QED) is 0.282. The summed E-state index contributed by atoms with van der Waals surface area (Å²) in [6.45, 7) is 13.0. The van der Waals surface area contributed by atoms with Crippen LogP contribution in [0.25, 0.3) is 21.8 Å². The zero-order valence-electron chi connectivity index (χ0n) is 25.4. The Bertz CT molecular complexity index is 1590. The van der Waals surface area contributed by atoms with Crippen LogP contribution in [0.3, 0.4) is 0 Å². The standard InChI is InChI=1S/C35H39N3O5/c1-34(2,36-14-18-42-19-15-36)31(39)25-10-12-29-27(22-25)28-23-26(32(40)35(3,4)37-16-20-43-21-17-37)11-13-30(28)38(29)33(41)24-8-6-5-7-9-24/h5-13,22-23H,14-21H2,1-4H3. The maximum atomic E-state index is 14.0. The Kier molecular flexibility index (Phi) is 7.81. The van der Waals surface area contributed by atoms with E-state index in [1.54, 1.807) is 16.7 Å². The molecule has 0 radical (unpaired) electrons. The molecule has 0 bridgehead atoms. The summed E-state index contributed by atoms with van der Waals surface area (Å²) in [5.41, 5.74) is 1.64. The molecule has 43 heavy (non-hydrogen) atoms. The number of aromatic nitrogens is 1. The fourth-order valence-electron chi connectivity index (χ4n) is 6.47. The maximum absolute atomic E-state index is 14.0. The molecule has 8 heteroatoms. The van der Waals surface area contributed by atoms with Gasteiger partial charge in [-0.25, -0.2) is 0 Å². The van der Waals surface area contributed by atoms with Gasteiger partial charge in [-0.2, -0.15) is 0 Å². The Morgan fingerprint density at radius 3 is 1.42 bits per heavy atom. The van der Waals surface area contributed by atoms with E-state index >= 15 is 0 Å². The highest BCUT2D eigenvalue weighted by molar-refractivity contribution is 6.19. The molecule has 4 aromatic rings. The molecule has 0 aliphatic carbocycles. The van der Waals surface area contributed by atoms with Gasteiger partial charge < -0.3 is 9.47 Å². The number of carbonyl (C=O) groups is 3. The minimum atomic E-state index is -0.723. The van der Waals surface area contributed by atoms with Gasteiger partial charge >= 0.3 is 0 Å². The highest BCUT2D eigenvalue weighted by atomic mass is 16.5. The van der Waals surface area contributed by atoms with Gasteiger partial charge in [0.25, 0.3) is 5.91 Å². The van der Waals surface area contributed by atoms with Gasteiger partial charge in [-0.1, -0.05) is 18.2 Å². The molecule has 0 atom stereocenters. The summed E-state index contributed by atoms with van der Waals surface area (Å²) in [7, 11) is 0. The lowest BCUT2D eigenvalue weighted by molar-refractivity contribution is -0.00442. The first kappa shape index (κ1) is 29.4. The van der Waals surface area contributed by atoms with Crippen LogP contribution in [-0.4, -0.2) is 95.5 Å². The molecule has 0 amide bonds. The van der Waals surface area contributed by atoms with Gasteiger partial charge in [-0.05, 0) is 76.2 Å². The summed E-state index contributed by atoms with van der Waals surface area (Å²) >= 11 is 0. The molecule has 224 valence electrons. The van der Waals surface area contributed by atoms with Crippen LogP contribution < -0.4 is 0 Å². The van der Waals surface area contributed by atoms with Crippen LogP contribution >= 0.6 is 0 Å². The number of carbonyl (C=O) groups excluding carboxylic acids is 3. The van der Waals surface area contributed by atoms with E-state index in [0.717, 1.165) is 10.8 Å². The molecule has 8 nitrogen and oxygen atoms in total. The van der Waals surface area contributed by atoms with Crippen LogP contribution in [0.1, 0.15) is 58.8 Å². The van der Waals surface area contributed by atoms with Crippen molar-refractivity contribution >= 4 is 39.3 Å². The second-order valence-electron chi connectivity index (χ2n) is 12.4. The van der Waals surface area contributed by atoms with E-state index in [1.165, 1.54) is 0 Å². The Morgan fingerprint density at radius 1 is 0.581 bits per heavy atom. The van der Waals surface area contributed by atoms with E-state index in [2.05, 4.69) is 9.80 Å². The molecule has 0 unspecified atom stereocenters. The van der Waals surface area contributed by atoms with Crippen molar-refractivity contribution in [2.24, 2.45) is 0 Å². The molecule has 1 aromatic heterocycles. The van der Waals surface area contributed by atoms with Gasteiger partial charge in [0.1, 0.15) is 0 Å². The lowest BCUT2D eigenvalue weighted by atomic mass is 9.89. The Morgan fingerprint density at radius 2 is 1.00 bits per heavy atom. The number of morpholine rings is 2. The first-order chi connectivity index (χ1) is 20.6. The zero-order chi connectivity index (χ0) is 30.4. The van der Waals surface area contributed by atoms with Gasteiger partial charge in [-0.15, -0.1) is 0 Å². The molecule has 2 aliphatic rings. The van der Waals surface area contributed by atoms with Crippen molar-refractivity contribution < 1.29 is 23.9 Å². The fourth-order valence-corrected chi connectivity index (χ4v) is 6.47. The second-order valence-corrected chi connectivity index (χ2v) is 12.4. The summed E-state index contributed by atoms with van der Waals surface area (Å²) in [6, 6.07) is 20.3. The summed E-state index contributed by atoms with van der Waals surface area (Å²) in [4.78, 5) is 46.1. The number of hydrogen-bond donors (Lipinski definition) is 0. The van der Waals surface area contributed by atoms with E-state index < -0.39 is 11.1 Å². The molecule has 2 aliphatic heterocycles. The SMILES string of the molecule is CC(C)(C(=O)c1ccc2c(c1)c1cc(C(=O)C(C)(C)N3CCOCC3)ccc1n2C(=O)c1ccccc1)N1CCOCC1. The van der Waals surface area contributed by atoms with Gasteiger partial charge in [0.15, 0.2) is 11.6 Å². The average molecular weight is 582 g/mol. The summed E-state index contributed by atoms with van der Waals surface area (Å²) < 4.78 is 12.7. The van der Waals surface area contributed by atoms with Crippen molar-refractivity contribution in [3.8, 4) is 0 Å². The first-order valence-electron chi connectivity index (χ1n) is 15.0. The number of rotatable bonds is 7. The summed E-state index contributed by atoms with van der Waals surface area (Å²) in [5, 5.41) is 1.53. The molecule has 0 spiro atoms. The fraction of sp³-hybridized carbons (Fsp3) is 0.400. The van der Waals surface area contributed by atoms with Crippen LogP contribution in [0.4, 0.5) is 0 Å². The largest absolute Gasteiger partial charge is 0.379 e. The molecule has 0 saturated carbocycles. The topological polar surface area (TPSA) is 81.1 Å². The van der Waals surface area contributed by atoms with Gasteiger partial charge in [0.2, 0.25) is 0 Å². The van der Waals surface area contributed by atoms with Crippen LogP contribution in [0, 0.1) is 0 Å². The second kappa shape index (κ2) is 11.4. The third-order valence-corrected chi connectivity index (χ3v) is 9.23. The Balaban J connectivity index is 1.48. The van der Waals surface area contributed by atoms with Crippen molar-refractivity contribution in [2.75, 3.05) is 52.6 Å². The number of fused-ring (bicyclic) bond motifs is 3. The number of ether oxygens (including phenoxy) is 2. The van der Waals surface area contributed by atoms with E-state index in [4.69, 9.17) is 9.47 Å². The van der Waals surface area contributed by atoms with E-state index in [0.29, 0.717) is 80.3 Å². The van der Waals surface area contributed by atoms with E-state index in [1.807, 2.05) is 82.3 Å². The highest BCUT2D eigenvalue weighted by Crippen LogP contribution is 2.34. The number of hydrogen-bond acceptors (Lipinski definition) is 7. The lowest BCUT2D eigenvalue weighted by Gasteiger charge is -2.39. The molecular weight excluding hydrogens is 542 g/mol. The van der Waals surface area contributed by atoms with Crippen LogP contribution in [-0.2, 0) is 9.47 Å². The molecule has 0 N–H and O–H groups in total. The number of Topliss-reactive ketones (excluding diaryl/α,β-unsaturated/α-hetero) is 2. The van der Waals surface area contributed by atoms with E-state index in [9.17, 15) is 14.4 Å². The van der Waals surface area contributed by atoms with Crippen molar-refractivity contribution in [1.82, 2.24) is 14.4 Å². The minimum Gasteiger partial charge on any atom is -0.379 e. The predicted molar refractivity (Wildman–Crippen MR) is 167 cm³/mol. The number of nitrogens with zero attached hydrogens (tertiary/aromatic N) is 3. The molecule has 6 rings (SSSR count). The Labute approximate surface area is 252 Å². The van der Waals surface area contributed by atoms with Crippen molar-refractivity contribution in [2.45, 2.75) is 38.8 Å². The zero-order valence-corrected chi connectivity index (χ0v) is 25.4. The van der Waals surface area contributed by atoms with Gasteiger partial charge in [0, 0.05) is 53.6 Å². The highest BCUT2D eigenvalue weighted by Gasteiger charge is 2.38. The molecule has 2 saturated heterocycles. The Hall–Kier alpha value is -3.69. The summed E-state index contributed by atoms with van der Waals surface area (Å²) in [5.74, 6) is -0.152. The van der Waals surface area contributed by atoms with Crippen LogP contribution in [0.5, 0.6) is 0 Å².